The number of hydrogen-bond acceptors (Lipinski definition) is 4. The van der Waals surface area contributed by atoms with Crippen LogP contribution >= 0.6 is 0 Å². The van der Waals surface area contributed by atoms with Crippen LogP contribution in [0.25, 0.3) is 0 Å². The molecule has 4 nitrogen and oxygen atoms in total. The third-order valence-electron chi connectivity index (χ3n) is 3.14. The van der Waals surface area contributed by atoms with E-state index in [0.29, 0.717) is 18.1 Å². The van der Waals surface area contributed by atoms with Crippen molar-refractivity contribution in [1.82, 2.24) is 0 Å². The van der Waals surface area contributed by atoms with E-state index in [1.165, 1.54) is 0 Å². The van der Waals surface area contributed by atoms with Gasteiger partial charge in [0.1, 0.15) is 18.1 Å². The summed E-state index contributed by atoms with van der Waals surface area (Å²) in [5.74, 6) is 2.93. The standard InChI is InChI=1S/C17H20O4/c1-12-8-14(18-2)10-15(9-12)21-11-13-6-5-7-16(19-3)17(13)20-4/h5-10H,11H2,1-4H3. The number of benzene rings is 2. The van der Waals surface area contributed by atoms with Crippen molar-refractivity contribution < 1.29 is 18.9 Å². The first-order chi connectivity index (χ1) is 10.2. The molecule has 0 aliphatic carbocycles. The molecule has 0 bridgehead atoms. The Hall–Kier alpha value is -2.36. The largest absolute Gasteiger partial charge is 0.497 e. The summed E-state index contributed by atoms with van der Waals surface area (Å²) in [6.07, 6.45) is 0. The molecule has 0 saturated carbocycles. The van der Waals surface area contributed by atoms with Crippen LogP contribution < -0.4 is 18.9 Å². The van der Waals surface area contributed by atoms with Crippen molar-refractivity contribution in [2.45, 2.75) is 13.5 Å². The Kier molecular flexibility index (Phi) is 4.93. The van der Waals surface area contributed by atoms with Crippen molar-refractivity contribution in [2.75, 3.05) is 21.3 Å². The Morgan fingerprint density at radius 3 is 2.29 bits per heavy atom. The molecule has 0 heterocycles. The highest BCUT2D eigenvalue weighted by molar-refractivity contribution is 5.46. The van der Waals surface area contributed by atoms with Gasteiger partial charge in [-0.25, -0.2) is 0 Å². The Balaban J connectivity index is 2.18. The summed E-state index contributed by atoms with van der Waals surface area (Å²) in [6.45, 7) is 2.40. The van der Waals surface area contributed by atoms with Gasteiger partial charge in [-0.1, -0.05) is 12.1 Å². The summed E-state index contributed by atoms with van der Waals surface area (Å²) < 4.78 is 21.8. The van der Waals surface area contributed by atoms with E-state index in [9.17, 15) is 0 Å². The maximum atomic E-state index is 5.84. The summed E-state index contributed by atoms with van der Waals surface area (Å²) in [6, 6.07) is 11.5. The van der Waals surface area contributed by atoms with E-state index in [4.69, 9.17) is 18.9 Å². The quantitative estimate of drug-likeness (QED) is 0.814. The van der Waals surface area contributed by atoms with E-state index in [1.807, 2.05) is 43.3 Å². The van der Waals surface area contributed by atoms with Crippen molar-refractivity contribution in [1.29, 1.82) is 0 Å². The first kappa shape index (κ1) is 15.0. The Morgan fingerprint density at radius 1 is 0.857 bits per heavy atom. The van der Waals surface area contributed by atoms with Gasteiger partial charge in [0.2, 0.25) is 0 Å². The zero-order valence-electron chi connectivity index (χ0n) is 12.8. The molecule has 0 aliphatic rings. The van der Waals surface area contributed by atoms with Gasteiger partial charge in [-0.05, 0) is 30.7 Å². The van der Waals surface area contributed by atoms with Crippen LogP contribution in [0.3, 0.4) is 0 Å². The number of rotatable bonds is 6. The lowest BCUT2D eigenvalue weighted by Gasteiger charge is -2.14. The van der Waals surface area contributed by atoms with Crippen molar-refractivity contribution in [3.05, 3.63) is 47.5 Å². The summed E-state index contributed by atoms with van der Waals surface area (Å²) in [5, 5.41) is 0. The Labute approximate surface area is 125 Å². The predicted molar refractivity (Wildman–Crippen MR) is 81.6 cm³/mol. The number of ether oxygens (including phenoxy) is 4. The second kappa shape index (κ2) is 6.88. The van der Waals surface area contributed by atoms with Gasteiger partial charge < -0.3 is 18.9 Å². The zero-order valence-corrected chi connectivity index (χ0v) is 12.8. The SMILES string of the molecule is COc1cc(C)cc(OCc2cccc(OC)c2OC)c1. The lowest BCUT2D eigenvalue weighted by molar-refractivity contribution is 0.289. The average molecular weight is 288 g/mol. The average Bonchev–Trinajstić information content (AvgIpc) is 2.51. The second-order valence-electron chi connectivity index (χ2n) is 4.63. The second-order valence-corrected chi connectivity index (χ2v) is 4.63. The van der Waals surface area contributed by atoms with Crippen LogP contribution in [0.4, 0.5) is 0 Å². The molecule has 2 aromatic carbocycles. The van der Waals surface area contributed by atoms with Crippen LogP contribution in [0, 0.1) is 6.92 Å². The van der Waals surface area contributed by atoms with Crippen LogP contribution in [0.15, 0.2) is 36.4 Å². The number of para-hydroxylation sites is 1. The van der Waals surface area contributed by atoms with E-state index in [2.05, 4.69) is 0 Å². The van der Waals surface area contributed by atoms with Crippen LogP contribution in [0.2, 0.25) is 0 Å². The van der Waals surface area contributed by atoms with Crippen molar-refractivity contribution >= 4 is 0 Å². The minimum Gasteiger partial charge on any atom is -0.497 e. The molecule has 112 valence electrons. The van der Waals surface area contributed by atoms with Gasteiger partial charge in [0, 0.05) is 11.6 Å². The van der Waals surface area contributed by atoms with E-state index >= 15 is 0 Å². The molecule has 0 aromatic heterocycles. The van der Waals surface area contributed by atoms with Crippen LogP contribution in [-0.2, 0) is 6.61 Å². The minimum absolute atomic E-state index is 0.396. The van der Waals surface area contributed by atoms with Gasteiger partial charge in [0.05, 0.1) is 21.3 Å². The highest BCUT2D eigenvalue weighted by atomic mass is 16.5. The fourth-order valence-electron chi connectivity index (χ4n) is 2.14. The maximum Gasteiger partial charge on any atom is 0.167 e. The zero-order chi connectivity index (χ0) is 15.2. The molecule has 21 heavy (non-hydrogen) atoms. The third-order valence-corrected chi connectivity index (χ3v) is 3.14. The van der Waals surface area contributed by atoms with Crippen LogP contribution in [-0.4, -0.2) is 21.3 Å². The van der Waals surface area contributed by atoms with Crippen molar-refractivity contribution in [3.8, 4) is 23.0 Å². The number of hydrogen-bond donors (Lipinski definition) is 0. The summed E-state index contributed by atoms with van der Waals surface area (Å²) >= 11 is 0. The van der Waals surface area contributed by atoms with Crippen molar-refractivity contribution in [2.24, 2.45) is 0 Å². The van der Waals surface area contributed by atoms with Gasteiger partial charge >= 0.3 is 0 Å². The topological polar surface area (TPSA) is 36.9 Å². The van der Waals surface area contributed by atoms with Crippen LogP contribution in [0.1, 0.15) is 11.1 Å². The Morgan fingerprint density at radius 2 is 1.62 bits per heavy atom. The van der Waals surface area contributed by atoms with Gasteiger partial charge in [-0.3, -0.25) is 0 Å². The smallest absolute Gasteiger partial charge is 0.167 e. The molecular weight excluding hydrogens is 268 g/mol. The fraction of sp³-hybridized carbons (Fsp3) is 0.294. The molecule has 0 N–H and O–H groups in total. The molecule has 0 atom stereocenters. The fourth-order valence-corrected chi connectivity index (χ4v) is 2.14. The molecule has 0 radical (unpaired) electrons. The van der Waals surface area contributed by atoms with Gasteiger partial charge in [-0.2, -0.15) is 0 Å². The van der Waals surface area contributed by atoms with E-state index in [-0.39, 0.29) is 0 Å². The van der Waals surface area contributed by atoms with Gasteiger partial charge in [0.15, 0.2) is 11.5 Å². The molecule has 0 aliphatic heterocycles. The monoisotopic (exact) mass is 288 g/mol. The van der Waals surface area contributed by atoms with Crippen LogP contribution in [0.5, 0.6) is 23.0 Å². The molecule has 4 heteroatoms. The molecule has 0 unspecified atom stereocenters. The summed E-state index contributed by atoms with van der Waals surface area (Å²) in [5.41, 5.74) is 2.01. The first-order valence-corrected chi connectivity index (χ1v) is 6.66. The Bertz CT molecular complexity index is 608. The van der Waals surface area contributed by atoms with E-state index in [0.717, 1.165) is 22.6 Å². The highest BCUT2D eigenvalue weighted by Crippen LogP contribution is 2.32. The highest BCUT2D eigenvalue weighted by Gasteiger charge is 2.10. The van der Waals surface area contributed by atoms with Gasteiger partial charge in [0.25, 0.3) is 0 Å². The summed E-state index contributed by atoms with van der Waals surface area (Å²) in [4.78, 5) is 0. The predicted octanol–water partition coefficient (Wildman–Crippen LogP) is 3.60. The summed E-state index contributed by atoms with van der Waals surface area (Å²) in [7, 11) is 4.88. The molecule has 2 aromatic rings. The normalized spacial score (nSPS) is 10.1. The lowest BCUT2D eigenvalue weighted by Crippen LogP contribution is -2.01. The number of methoxy groups -OCH3 is 3. The maximum absolute atomic E-state index is 5.84. The van der Waals surface area contributed by atoms with E-state index in [1.54, 1.807) is 21.3 Å². The molecule has 0 fully saturated rings. The molecule has 0 saturated heterocycles. The van der Waals surface area contributed by atoms with E-state index < -0.39 is 0 Å². The first-order valence-electron chi connectivity index (χ1n) is 6.66. The van der Waals surface area contributed by atoms with Crippen molar-refractivity contribution in [3.63, 3.8) is 0 Å². The molecule has 0 spiro atoms. The molecule has 2 rings (SSSR count). The minimum atomic E-state index is 0.396. The van der Waals surface area contributed by atoms with Gasteiger partial charge in [-0.15, -0.1) is 0 Å². The molecular formula is C17H20O4. The lowest BCUT2D eigenvalue weighted by atomic mass is 10.2. The number of aryl methyl sites for hydroxylation is 1. The third kappa shape index (κ3) is 3.60. The molecule has 0 amide bonds.